The fourth-order valence-electron chi connectivity index (χ4n) is 2.58. The van der Waals surface area contributed by atoms with Gasteiger partial charge < -0.3 is 15.0 Å². The van der Waals surface area contributed by atoms with E-state index in [1.807, 2.05) is 43.3 Å². The van der Waals surface area contributed by atoms with Crippen LogP contribution in [0.3, 0.4) is 0 Å². The third-order valence-electron chi connectivity index (χ3n) is 4.60. The van der Waals surface area contributed by atoms with Gasteiger partial charge in [0.2, 0.25) is 5.91 Å². The SMILES string of the molecule is Cc1ccc(OCCN(C)C(=O)/C=C/c2ccc(C(=O)NC3CC3)cc2)cc1. The van der Waals surface area contributed by atoms with Crippen molar-refractivity contribution in [1.82, 2.24) is 10.2 Å². The fraction of sp³-hybridized carbons (Fsp3) is 0.304. The molecule has 28 heavy (non-hydrogen) atoms. The molecule has 1 aliphatic carbocycles. The van der Waals surface area contributed by atoms with Crippen molar-refractivity contribution in [2.45, 2.75) is 25.8 Å². The van der Waals surface area contributed by atoms with Crippen molar-refractivity contribution in [1.29, 1.82) is 0 Å². The maximum atomic E-state index is 12.2. The van der Waals surface area contributed by atoms with Crippen molar-refractivity contribution in [2.24, 2.45) is 0 Å². The molecule has 0 radical (unpaired) electrons. The Bertz CT molecular complexity index is 837. The van der Waals surface area contributed by atoms with E-state index in [0.29, 0.717) is 24.8 Å². The zero-order valence-electron chi connectivity index (χ0n) is 16.4. The smallest absolute Gasteiger partial charge is 0.251 e. The molecular weight excluding hydrogens is 352 g/mol. The molecule has 0 bridgehead atoms. The number of hydrogen-bond acceptors (Lipinski definition) is 3. The Morgan fingerprint density at radius 2 is 1.79 bits per heavy atom. The average molecular weight is 378 g/mol. The number of hydrogen-bond donors (Lipinski definition) is 1. The van der Waals surface area contributed by atoms with Gasteiger partial charge in [-0.05, 0) is 55.7 Å². The van der Waals surface area contributed by atoms with Gasteiger partial charge in [-0.25, -0.2) is 0 Å². The minimum atomic E-state index is -0.0944. The number of rotatable bonds is 8. The highest BCUT2D eigenvalue weighted by Gasteiger charge is 2.23. The van der Waals surface area contributed by atoms with Crippen LogP contribution >= 0.6 is 0 Å². The average Bonchev–Trinajstić information content (AvgIpc) is 3.52. The molecule has 2 aromatic rings. The molecule has 0 atom stereocenters. The summed E-state index contributed by atoms with van der Waals surface area (Å²) in [4.78, 5) is 25.8. The minimum absolute atomic E-state index is 0.0394. The molecule has 0 aromatic heterocycles. The molecule has 2 amide bonds. The number of nitrogens with zero attached hydrogens (tertiary/aromatic N) is 1. The van der Waals surface area contributed by atoms with Crippen LogP contribution in [0, 0.1) is 6.92 Å². The molecule has 0 heterocycles. The summed E-state index contributed by atoms with van der Waals surface area (Å²) in [6.07, 6.45) is 5.42. The van der Waals surface area contributed by atoms with Gasteiger partial charge in [-0.15, -0.1) is 0 Å². The molecule has 5 nitrogen and oxygen atoms in total. The molecule has 3 rings (SSSR count). The van der Waals surface area contributed by atoms with Crippen LogP contribution in [0.5, 0.6) is 5.75 Å². The molecule has 146 valence electrons. The summed E-state index contributed by atoms with van der Waals surface area (Å²) in [5, 5.41) is 2.96. The quantitative estimate of drug-likeness (QED) is 0.716. The molecular formula is C23H26N2O3. The van der Waals surface area contributed by atoms with Gasteiger partial charge in [0.15, 0.2) is 0 Å². The maximum Gasteiger partial charge on any atom is 0.251 e. The van der Waals surface area contributed by atoms with Crippen molar-refractivity contribution in [2.75, 3.05) is 20.2 Å². The van der Waals surface area contributed by atoms with E-state index in [1.54, 1.807) is 30.2 Å². The second-order valence-electron chi connectivity index (χ2n) is 7.12. The first kappa shape index (κ1) is 19.7. The second-order valence-corrected chi connectivity index (χ2v) is 7.12. The largest absolute Gasteiger partial charge is 0.492 e. The predicted octanol–water partition coefficient (Wildman–Crippen LogP) is 3.44. The molecule has 0 saturated heterocycles. The summed E-state index contributed by atoms with van der Waals surface area (Å²) < 4.78 is 5.66. The van der Waals surface area contributed by atoms with Crippen molar-refractivity contribution < 1.29 is 14.3 Å². The lowest BCUT2D eigenvalue weighted by Gasteiger charge is -2.15. The molecule has 0 unspecified atom stereocenters. The Balaban J connectivity index is 1.44. The Hall–Kier alpha value is -3.08. The summed E-state index contributed by atoms with van der Waals surface area (Å²) in [7, 11) is 1.75. The van der Waals surface area contributed by atoms with Gasteiger partial charge in [-0.3, -0.25) is 9.59 Å². The van der Waals surface area contributed by atoms with Crippen molar-refractivity contribution >= 4 is 17.9 Å². The zero-order chi connectivity index (χ0) is 19.9. The van der Waals surface area contributed by atoms with E-state index in [1.165, 1.54) is 11.6 Å². The summed E-state index contributed by atoms with van der Waals surface area (Å²) in [6, 6.07) is 15.4. The highest BCUT2D eigenvalue weighted by molar-refractivity contribution is 5.95. The summed E-state index contributed by atoms with van der Waals surface area (Å²) >= 11 is 0. The van der Waals surface area contributed by atoms with E-state index in [4.69, 9.17) is 4.74 Å². The van der Waals surface area contributed by atoms with E-state index >= 15 is 0 Å². The van der Waals surface area contributed by atoms with Crippen LogP contribution in [-0.4, -0.2) is 43.0 Å². The molecule has 1 N–H and O–H groups in total. The van der Waals surface area contributed by atoms with Crippen LogP contribution in [0.15, 0.2) is 54.6 Å². The van der Waals surface area contributed by atoms with Crippen molar-refractivity contribution in [3.05, 3.63) is 71.3 Å². The van der Waals surface area contributed by atoms with Gasteiger partial charge in [0.1, 0.15) is 12.4 Å². The number of ether oxygens (including phenoxy) is 1. The first-order valence-electron chi connectivity index (χ1n) is 9.55. The highest BCUT2D eigenvalue weighted by Crippen LogP contribution is 2.19. The first-order valence-corrected chi connectivity index (χ1v) is 9.55. The first-order chi connectivity index (χ1) is 13.5. The van der Waals surface area contributed by atoms with Gasteiger partial charge in [0.25, 0.3) is 5.91 Å². The molecule has 0 spiro atoms. The van der Waals surface area contributed by atoms with E-state index < -0.39 is 0 Å². The van der Waals surface area contributed by atoms with Gasteiger partial charge in [0.05, 0.1) is 6.54 Å². The Morgan fingerprint density at radius 1 is 1.11 bits per heavy atom. The summed E-state index contributed by atoms with van der Waals surface area (Å²) in [5.74, 6) is 0.665. The lowest BCUT2D eigenvalue weighted by Crippen LogP contribution is -2.29. The van der Waals surface area contributed by atoms with Crippen LogP contribution in [0.2, 0.25) is 0 Å². The number of amides is 2. The minimum Gasteiger partial charge on any atom is -0.492 e. The van der Waals surface area contributed by atoms with E-state index in [-0.39, 0.29) is 11.8 Å². The third kappa shape index (κ3) is 5.98. The van der Waals surface area contributed by atoms with Gasteiger partial charge >= 0.3 is 0 Å². The van der Waals surface area contributed by atoms with Crippen LogP contribution in [0.25, 0.3) is 6.08 Å². The summed E-state index contributed by atoms with van der Waals surface area (Å²) in [6.45, 7) is 2.96. The number of carbonyl (C=O) groups excluding carboxylic acids is 2. The maximum absolute atomic E-state index is 12.2. The molecule has 1 fully saturated rings. The standard InChI is InChI=1S/C23H26N2O3/c1-17-3-12-21(13-4-17)28-16-15-25(2)22(26)14-7-18-5-8-19(9-6-18)23(27)24-20-10-11-20/h3-9,12-14,20H,10-11,15-16H2,1-2H3,(H,24,27)/b14-7+. The van der Waals surface area contributed by atoms with Crippen molar-refractivity contribution in [3.8, 4) is 5.75 Å². The molecule has 2 aromatic carbocycles. The number of aryl methyl sites for hydroxylation is 1. The van der Waals surface area contributed by atoms with E-state index in [9.17, 15) is 9.59 Å². The zero-order valence-corrected chi connectivity index (χ0v) is 16.4. The lowest BCUT2D eigenvalue weighted by atomic mass is 10.1. The second kappa shape index (κ2) is 9.22. The Morgan fingerprint density at radius 3 is 2.43 bits per heavy atom. The van der Waals surface area contributed by atoms with E-state index in [2.05, 4.69) is 5.32 Å². The van der Waals surface area contributed by atoms with Crippen molar-refractivity contribution in [3.63, 3.8) is 0 Å². The number of carbonyl (C=O) groups is 2. The molecule has 1 aliphatic rings. The molecule has 5 heteroatoms. The number of likely N-dealkylation sites (N-methyl/N-ethyl adjacent to an activating group) is 1. The topological polar surface area (TPSA) is 58.6 Å². The predicted molar refractivity (Wildman–Crippen MR) is 110 cm³/mol. The van der Waals surface area contributed by atoms with Gasteiger partial charge in [0, 0.05) is 24.7 Å². The van der Waals surface area contributed by atoms with Gasteiger partial charge in [-0.1, -0.05) is 29.8 Å². The highest BCUT2D eigenvalue weighted by atomic mass is 16.5. The van der Waals surface area contributed by atoms with Crippen LogP contribution in [0.1, 0.15) is 34.3 Å². The normalized spacial score (nSPS) is 13.4. The Kier molecular flexibility index (Phi) is 6.48. The van der Waals surface area contributed by atoms with Crippen LogP contribution in [-0.2, 0) is 4.79 Å². The third-order valence-corrected chi connectivity index (χ3v) is 4.60. The van der Waals surface area contributed by atoms with Crippen LogP contribution < -0.4 is 10.1 Å². The Labute approximate surface area is 166 Å². The monoisotopic (exact) mass is 378 g/mol. The number of nitrogens with one attached hydrogen (secondary N) is 1. The number of benzene rings is 2. The molecule has 0 aliphatic heterocycles. The van der Waals surface area contributed by atoms with Gasteiger partial charge in [-0.2, -0.15) is 0 Å². The van der Waals surface area contributed by atoms with Crippen LogP contribution in [0.4, 0.5) is 0 Å². The summed E-state index contributed by atoms with van der Waals surface area (Å²) in [5.41, 5.74) is 2.70. The molecule has 1 saturated carbocycles. The lowest BCUT2D eigenvalue weighted by molar-refractivity contribution is -0.125. The fourth-order valence-corrected chi connectivity index (χ4v) is 2.58. The van der Waals surface area contributed by atoms with E-state index in [0.717, 1.165) is 24.2 Å².